The summed E-state index contributed by atoms with van der Waals surface area (Å²) in [5.41, 5.74) is 2.56. The first-order chi connectivity index (χ1) is 11.2. The van der Waals surface area contributed by atoms with Gasteiger partial charge in [0.25, 0.3) is 5.91 Å². The molecule has 0 unspecified atom stereocenters. The lowest BCUT2D eigenvalue weighted by molar-refractivity contribution is 0.102. The van der Waals surface area contributed by atoms with Gasteiger partial charge in [-0.05, 0) is 37.1 Å². The fourth-order valence-corrected chi connectivity index (χ4v) is 2.52. The molecule has 1 amide bonds. The number of carbonyl (C=O) groups excluding carboxylic acids is 1. The van der Waals surface area contributed by atoms with Crippen molar-refractivity contribution in [2.45, 2.75) is 6.92 Å². The maximum absolute atomic E-state index is 12.4. The van der Waals surface area contributed by atoms with Crippen LogP contribution in [0.15, 0.2) is 54.2 Å². The van der Waals surface area contributed by atoms with Gasteiger partial charge < -0.3 is 5.32 Å². The summed E-state index contributed by atoms with van der Waals surface area (Å²) in [6.45, 7) is 1.94. The average Bonchev–Trinajstić information content (AvgIpc) is 2.99. The molecule has 2 aromatic heterocycles. The molecule has 0 aliphatic carbocycles. The largest absolute Gasteiger partial charge is 0.321 e. The molecule has 0 spiro atoms. The predicted octanol–water partition coefficient (Wildman–Crippen LogP) is 3.50. The van der Waals surface area contributed by atoms with Crippen molar-refractivity contribution in [2.24, 2.45) is 0 Å². The Hall–Kier alpha value is -2.97. The lowest BCUT2D eigenvalue weighted by atomic mass is 10.1. The van der Waals surface area contributed by atoms with Gasteiger partial charge in [0.15, 0.2) is 0 Å². The minimum absolute atomic E-state index is 0.211. The number of hydrogen-bond acceptors (Lipinski definition) is 4. The smallest absolute Gasteiger partial charge is 0.256 e. The van der Waals surface area contributed by atoms with Crippen LogP contribution >= 0.6 is 11.3 Å². The van der Waals surface area contributed by atoms with E-state index in [0.29, 0.717) is 16.8 Å². The molecular weight excluding hydrogens is 306 g/mol. The van der Waals surface area contributed by atoms with Gasteiger partial charge in [0.2, 0.25) is 0 Å². The van der Waals surface area contributed by atoms with Crippen LogP contribution in [0.5, 0.6) is 0 Å². The van der Waals surface area contributed by atoms with Gasteiger partial charge in [-0.25, -0.2) is 4.98 Å². The van der Waals surface area contributed by atoms with Crippen LogP contribution in [0.4, 0.5) is 5.69 Å². The van der Waals surface area contributed by atoms with Crippen LogP contribution in [-0.4, -0.2) is 15.9 Å². The Kier molecular flexibility index (Phi) is 4.46. The SMILES string of the molecule is Cc1nc(C#Cc2ccccc2C(=O)Nc2cccnc2)cs1. The number of pyridine rings is 1. The van der Waals surface area contributed by atoms with E-state index in [2.05, 4.69) is 27.1 Å². The Balaban J connectivity index is 1.86. The number of nitrogens with one attached hydrogen (secondary N) is 1. The van der Waals surface area contributed by atoms with Gasteiger partial charge in [-0.2, -0.15) is 0 Å². The molecule has 112 valence electrons. The molecule has 0 bridgehead atoms. The number of thiazole rings is 1. The van der Waals surface area contributed by atoms with Gasteiger partial charge in [0.05, 0.1) is 22.5 Å². The predicted molar refractivity (Wildman–Crippen MR) is 91.5 cm³/mol. The maximum atomic E-state index is 12.4. The summed E-state index contributed by atoms with van der Waals surface area (Å²) in [6, 6.07) is 10.8. The molecular formula is C18H13N3OS. The van der Waals surface area contributed by atoms with Crippen molar-refractivity contribution in [3.8, 4) is 11.8 Å². The van der Waals surface area contributed by atoms with Crippen LogP contribution in [0.3, 0.4) is 0 Å². The third kappa shape index (κ3) is 3.82. The third-order valence-electron chi connectivity index (χ3n) is 3.04. The molecule has 5 heteroatoms. The van der Waals surface area contributed by atoms with E-state index in [1.54, 1.807) is 41.9 Å². The molecule has 4 nitrogen and oxygen atoms in total. The molecule has 1 N–H and O–H groups in total. The second-order valence-corrected chi connectivity index (χ2v) is 5.81. The number of hydrogen-bond donors (Lipinski definition) is 1. The highest BCUT2D eigenvalue weighted by Crippen LogP contribution is 2.12. The van der Waals surface area contributed by atoms with E-state index in [4.69, 9.17) is 0 Å². The van der Waals surface area contributed by atoms with E-state index in [0.717, 1.165) is 10.7 Å². The van der Waals surface area contributed by atoms with Gasteiger partial charge in [0, 0.05) is 17.1 Å². The van der Waals surface area contributed by atoms with Gasteiger partial charge in [-0.3, -0.25) is 9.78 Å². The number of nitrogens with zero attached hydrogens (tertiary/aromatic N) is 2. The van der Waals surface area contributed by atoms with Crippen molar-refractivity contribution in [3.63, 3.8) is 0 Å². The third-order valence-corrected chi connectivity index (χ3v) is 3.81. The van der Waals surface area contributed by atoms with Crippen molar-refractivity contribution >= 4 is 22.9 Å². The zero-order valence-corrected chi connectivity index (χ0v) is 13.2. The first-order valence-electron chi connectivity index (χ1n) is 6.97. The average molecular weight is 319 g/mol. The summed E-state index contributed by atoms with van der Waals surface area (Å²) in [6.07, 6.45) is 3.26. The number of rotatable bonds is 2. The summed E-state index contributed by atoms with van der Waals surface area (Å²) >= 11 is 1.55. The summed E-state index contributed by atoms with van der Waals surface area (Å²) < 4.78 is 0. The number of amides is 1. The second-order valence-electron chi connectivity index (χ2n) is 4.74. The highest BCUT2D eigenvalue weighted by atomic mass is 32.1. The minimum atomic E-state index is -0.211. The van der Waals surface area contributed by atoms with E-state index in [-0.39, 0.29) is 5.91 Å². The van der Waals surface area contributed by atoms with Gasteiger partial charge in [0.1, 0.15) is 5.69 Å². The number of anilines is 1. The quantitative estimate of drug-likeness (QED) is 0.736. The Morgan fingerprint density at radius 3 is 2.78 bits per heavy atom. The minimum Gasteiger partial charge on any atom is -0.321 e. The zero-order valence-electron chi connectivity index (χ0n) is 12.4. The van der Waals surface area contributed by atoms with Crippen molar-refractivity contribution in [3.05, 3.63) is 76.0 Å². The standard InChI is InChI=1S/C18H13N3OS/c1-13-20-16(12-23-13)9-8-14-5-2-3-7-17(14)18(22)21-15-6-4-10-19-11-15/h2-7,10-12H,1H3,(H,21,22). The summed E-state index contributed by atoms with van der Waals surface area (Å²) in [5, 5.41) is 5.69. The molecule has 0 radical (unpaired) electrons. The molecule has 1 aromatic carbocycles. The maximum Gasteiger partial charge on any atom is 0.256 e. The van der Waals surface area contributed by atoms with E-state index in [1.165, 1.54) is 0 Å². The van der Waals surface area contributed by atoms with E-state index in [1.807, 2.05) is 30.5 Å². The molecule has 2 heterocycles. The summed E-state index contributed by atoms with van der Waals surface area (Å²) in [4.78, 5) is 20.7. The number of aromatic nitrogens is 2. The number of benzene rings is 1. The van der Waals surface area contributed by atoms with Crippen LogP contribution in [0.1, 0.15) is 26.6 Å². The van der Waals surface area contributed by atoms with Crippen molar-refractivity contribution in [1.82, 2.24) is 9.97 Å². The molecule has 0 aliphatic heterocycles. The second kappa shape index (κ2) is 6.86. The first kappa shape index (κ1) is 14.9. The van der Waals surface area contributed by atoms with E-state index >= 15 is 0 Å². The molecule has 0 fully saturated rings. The van der Waals surface area contributed by atoms with Crippen LogP contribution < -0.4 is 5.32 Å². The van der Waals surface area contributed by atoms with Gasteiger partial charge in [-0.1, -0.05) is 18.1 Å². The molecule has 23 heavy (non-hydrogen) atoms. The fraction of sp³-hybridized carbons (Fsp3) is 0.0556. The van der Waals surface area contributed by atoms with E-state index in [9.17, 15) is 4.79 Å². The topological polar surface area (TPSA) is 54.9 Å². The van der Waals surface area contributed by atoms with E-state index < -0.39 is 0 Å². The molecule has 3 aromatic rings. The Morgan fingerprint density at radius 1 is 1.17 bits per heavy atom. The monoisotopic (exact) mass is 319 g/mol. The number of carbonyl (C=O) groups is 1. The molecule has 0 saturated carbocycles. The van der Waals surface area contributed by atoms with Crippen molar-refractivity contribution in [1.29, 1.82) is 0 Å². The van der Waals surface area contributed by atoms with Crippen LogP contribution in [0.2, 0.25) is 0 Å². The van der Waals surface area contributed by atoms with Crippen molar-refractivity contribution in [2.75, 3.05) is 5.32 Å². The Labute approximate surface area is 138 Å². The molecule has 0 saturated heterocycles. The summed E-state index contributed by atoms with van der Waals surface area (Å²) in [5.74, 6) is 5.81. The highest BCUT2D eigenvalue weighted by Gasteiger charge is 2.09. The first-order valence-corrected chi connectivity index (χ1v) is 7.85. The highest BCUT2D eigenvalue weighted by molar-refractivity contribution is 7.09. The summed E-state index contributed by atoms with van der Waals surface area (Å²) in [7, 11) is 0. The van der Waals surface area contributed by atoms with Crippen LogP contribution in [-0.2, 0) is 0 Å². The normalized spacial score (nSPS) is 9.78. The lowest BCUT2D eigenvalue weighted by Crippen LogP contribution is -2.13. The van der Waals surface area contributed by atoms with Crippen LogP contribution in [0.25, 0.3) is 0 Å². The Morgan fingerprint density at radius 2 is 2.04 bits per heavy atom. The Bertz CT molecular complexity index is 891. The zero-order chi connectivity index (χ0) is 16.1. The van der Waals surface area contributed by atoms with Gasteiger partial charge >= 0.3 is 0 Å². The molecule has 3 rings (SSSR count). The molecule has 0 aliphatic rings. The fourth-order valence-electron chi connectivity index (χ4n) is 1.98. The van der Waals surface area contributed by atoms with Crippen molar-refractivity contribution < 1.29 is 4.79 Å². The molecule has 0 atom stereocenters. The van der Waals surface area contributed by atoms with Gasteiger partial charge in [-0.15, -0.1) is 11.3 Å². The van der Waals surface area contributed by atoms with Crippen LogP contribution in [0, 0.1) is 18.8 Å². The lowest BCUT2D eigenvalue weighted by Gasteiger charge is -2.06. The number of aryl methyl sites for hydroxylation is 1.